The SMILES string of the molecule is C[C@H]1CN(C(=O)c2cc(-c3cnc(NCc4ccccc4)nc3)cn2C)C[C@H](C)O1. The van der Waals surface area contributed by atoms with E-state index in [1.54, 1.807) is 12.4 Å². The van der Waals surface area contributed by atoms with Crippen LogP contribution in [0, 0.1) is 0 Å². The molecule has 0 aliphatic carbocycles. The van der Waals surface area contributed by atoms with Gasteiger partial charge >= 0.3 is 0 Å². The van der Waals surface area contributed by atoms with E-state index in [9.17, 15) is 4.79 Å². The van der Waals surface area contributed by atoms with Crippen LogP contribution in [0.1, 0.15) is 29.9 Å². The molecular weight excluding hydrogens is 378 g/mol. The van der Waals surface area contributed by atoms with Gasteiger partial charge in [-0.2, -0.15) is 0 Å². The van der Waals surface area contributed by atoms with E-state index in [1.807, 2.05) is 60.8 Å². The van der Waals surface area contributed by atoms with Gasteiger partial charge in [0, 0.05) is 56.4 Å². The fourth-order valence-corrected chi connectivity index (χ4v) is 3.79. The van der Waals surface area contributed by atoms with Gasteiger partial charge in [0.25, 0.3) is 5.91 Å². The van der Waals surface area contributed by atoms with Crippen molar-refractivity contribution in [2.75, 3.05) is 18.4 Å². The molecule has 30 heavy (non-hydrogen) atoms. The summed E-state index contributed by atoms with van der Waals surface area (Å²) in [4.78, 5) is 23.7. The minimum atomic E-state index is 0.0211. The monoisotopic (exact) mass is 405 g/mol. The van der Waals surface area contributed by atoms with Gasteiger partial charge in [-0.1, -0.05) is 30.3 Å². The van der Waals surface area contributed by atoms with E-state index >= 15 is 0 Å². The van der Waals surface area contributed by atoms with Gasteiger partial charge in [0.05, 0.1) is 12.2 Å². The maximum Gasteiger partial charge on any atom is 0.270 e. The van der Waals surface area contributed by atoms with Crippen molar-refractivity contribution >= 4 is 11.9 Å². The molecular formula is C23H27N5O2. The molecule has 0 radical (unpaired) electrons. The number of carbonyl (C=O) groups is 1. The number of aromatic nitrogens is 3. The third kappa shape index (κ3) is 4.52. The van der Waals surface area contributed by atoms with E-state index in [2.05, 4.69) is 27.4 Å². The van der Waals surface area contributed by atoms with Crippen molar-refractivity contribution in [3.63, 3.8) is 0 Å². The average Bonchev–Trinajstić information content (AvgIpc) is 3.13. The normalized spacial score (nSPS) is 19.0. The number of morpholine rings is 1. The zero-order valence-corrected chi connectivity index (χ0v) is 17.6. The van der Waals surface area contributed by atoms with Gasteiger partial charge in [0.1, 0.15) is 5.69 Å². The lowest BCUT2D eigenvalue weighted by molar-refractivity contribution is -0.0588. The van der Waals surface area contributed by atoms with Crippen LogP contribution in [-0.2, 0) is 18.3 Å². The van der Waals surface area contributed by atoms with E-state index in [-0.39, 0.29) is 18.1 Å². The van der Waals surface area contributed by atoms with E-state index in [0.29, 0.717) is 31.3 Å². The zero-order valence-electron chi connectivity index (χ0n) is 17.6. The Morgan fingerprint density at radius 1 is 1.10 bits per heavy atom. The molecule has 3 aromatic rings. The zero-order chi connectivity index (χ0) is 21.1. The molecule has 0 spiro atoms. The summed E-state index contributed by atoms with van der Waals surface area (Å²) in [6, 6.07) is 12.0. The van der Waals surface area contributed by atoms with Crippen molar-refractivity contribution in [3.05, 3.63) is 66.2 Å². The molecule has 0 unspecified atom stereocenters. The highest BCUT2D eigenvalue weighted by Gasteiger charge is 2.28. The molecule has 3 heterocycles. The molecule has 1 amide bonds. The molecule has 1 aromatic carbocycles. The number of aryl methyl sites for hydroxylation is 1. The fourth-order valence-electron chi connectivity index (χ4n) is 3.79. The lowest BCUT2D eigenvalue weighted by atomic mass is 10.1. The summed E-state index contributed by atoms with van der Waals surface area (Å²) in [5.74, 6) is 0.596. The van der Waals surface area contributed by atoms with Crippen molar-refractivity contribution in [1.29, 1.82) is 0 Å². The number of hydrogen-bond donors (Lipinski definition) is 1. The molecule has 1 N–H and O–H groups in total. The molecule has 4 rings (SSSR count). The number of nitrogens with one attached hydrogen (secondary N) is 1. The number of ether oxygens (including phenoxy) is 1. The standard InChI is InChI=1S/C23H27N5O2/c1-16-13-28(14-17(2)30-16)22(29)21-9-19(15-27(21)3)20-11-25-23(26-12-20)24-10-18-7-5-4-6-8-18/h4-9,11-12,15-17H,10,13-14H2,1-3H3,(H,24,25,26)/t16-,17-/m0/s1. The number of rotatable bonds is 5. The number of hydrogen-bond acceptors (Lipinski definition) is 5. The molecule has 2 aromatic heterocycles. The van der Waals surface area contributed by atoms with Crippen LogP contribution in [0.15, 0.2) is 55.0 Å². The van der Waals surface area contributed by atoms with Gasteiger partial charge < -0.3 is 19.5 Å². The van der Waals surface area contributed by atoms with Crippen molar-refractivity contribution in [2.45, 2.75) is 32.6 Å². The maximum atomic E-state index is 13.0. The van der Waals surface area contributed by atoms with E-state index in [1.165, 1.54) is 5.56 Å². The first kappa shape index (κ1) is 20.1. The topological polar surface area (TPSA) is 72.3 Å². The van der Waals surface area contributed by atoms with Gasteiger partial charge in [-0.3, -0.25) is 4.79 Å². The Labute approximate surface area is 176 Å². The highest BCUT2D eigenvalue weighted by Crippen LogP contribution is 2.23. The van der Waals surface area contributed by atoms with Gasteiger partial charge in [-0.25, -0.2) is 9.97 Å². The van der Waals surface area contributed by atoms with Crippen LogP contribution in [-0.4, -0.2) is 50.6 Å². The summed E-state index contributed by atoms with van der Waals surface area (Å²) in [5.41, 5.74) is 3.61. The Hall–Kier alpha value is -3.19. The minimum absolute atomic E-state index is 0.0211. The van der Waals surface area contributed by atoms with Gasteiger partial charge in [0.2, 0.25) is 5.95 Å². The van der Waals surface area contributed by atoms with Crippen molar-refractivity contribution in [3.8, 4) is 11.1 Å². The van der Waals surface area contributed by atoms with Crippen LogP contribution in [0.3, 0.4) is 0 Å². The van der Waals surface area contributed by atoms with Crippen molar-refractivity contribution < 1.29 is 9.53 Å². The third-order valence-electron chi connectivity index (χ3n) is 5.21. The summed E-state index contributed by atoms with van der Waals surface area (Å²) >= 11 is 0. The Kier molecular flexibility index (Phi) is 5.81. The maximum absolute atomic E-state index is 13.0. The summed E-state index contributed by atoms with van der Waals surface area (Å²) in [6.07, 6.45) is 5.59. The van der Waals surface area contributed by atoms with Crippen molar-refractivity contribution in [1.82, 2.24) is 19.4 Å². The molecule has 1 aliphatic heterocycles. The third-order valence-corrected chi connectivity index (χ3v) is 5.21. The number of amides is 1. The smallest absolute Gasteiger partial charge is 0.270 e. The van der Waals surface area contributed by atoms with Gasteiger partial charge in [-0.05, 0) is 25.5 Å². The molecule has 0 bridgehead atoms. The predicted molar refractivity (Wildman–Crippen MR) is 116 cm³/mol. The van der Waals surface area contributed by atoms with E-state index in [0.717, 1.165) is 11.1 Å². The Bertz CT molecular complexity index is 990. The molecule has 0 saturated carbocycles. The second kappa shape index (κ2) is 8.67. The molecule has 2 atom stereocenters. The summed E-state index contributed by atoms with van der Waals surface area (Å²) in [7, 11) is 1.89. The van der Waals surface area contributed by atoms with Crippen LogP contribution < -0.4 is 5.32 Å². The molecule has 7 nitrogen and oxygen atoms in total. The number of carbonyl (C=O) groups excluding carboxylic acids is 1. The highest BCUT2D eigenvalue weighted by atomic mass is 16.5. The Balaban J connectivity index is 1.45. The molecule has 7 heteroatoms. The predicted octanol–water partition coefficient (Wildman–Crippen LogP) is 3.34. The summed E-state index contributed by atoms with van der Waals surface area (Å²) in [5, 5.41) is 3.23. The first-order chi connectivity index (χ1) is 14.5. The number of benzene rings is 1. The second-order valence-corrected chi connectivity index (χ2v) is 7.83. The van der Waals surface area contributed by atoms with Gasteiger partial charge in [-0.15, -0.1) is 0 Å². The summed E-state index contributed by atoms with van der Waals surface area (Å²) < 4.78 is 7.61. The largest absolute Gasteiger partial charge is 0.372 e. The average molecular weight is 406 g/mol. The first-order valence-corrected chi connectivity index (χ1v) is 10.2. The van der Waals surface area contributed by atoms with Crippen LogP contribution >= 0.6 is 0 Å². The lowest BCUT2D eigenvalue weighted by Crippen LogP contribution is -2.48. The van der Waals surface area contributed by atoms with Crippen LogP contribution in [0.4, 0.5) is 5.95 Å². The number of anilines is 1. The molecule has 1 fully saturated rings. The van der Waals surface area contributed by atoms with Crippen molar-refractivity contribution in [2.24, 2.45) is 7.05 Å². The molecule has 156 valence electrons. The van der Waals surface area contributed by atoms with Crippen LogP contribution in [0.5, 0.6) is 0 Å². The van der Waals surface area contributed by atoms with E-state index in [4.69, 9.17) is 4.74 Å². The van der Waals surface area contributed by atoms with Gasteiger partial charge in [0.15, 0.2) is 0 Å². The fraction of sp³-hybridized carbons (Fsp3) is 0.348. The minimum Gasteiger partial charge on any atom is -0.372 e. The quantitative estimate of drug-likeness (QED) is 0.705. The second-order valence-electron chi connectivity index (χ2n) is 7.83. The van der Waals surface area contributed by atoms with E-state index < -0.39 is 0 Å². The lowest BCUT2D eigenvalue weighted by Gasteiger charge is -2.35. The van der Waals surface area contributed by atoms with Crippen LogP contribution in [0.2, 0.25) is 0 Å². The molecule has 1 saturated heterocycles. The highest BCUT2D eigenvalue weighted by molar-refractivity contribution is 5.94. The Morgan fingerprint density at radius 3 is 2.43 bits per heavy atom. The number of nitrogens with zero attached hydrogens (tertiary/aromatic N) is 4. The molecule has 1 aliphatic rings. The first-order valence-electron chi connectivity index (χ1n) is 10.2. The van der Waals surface area contributed by atoms with Crippen LogP contribution in [0.25, 0.3) is 11.1 Å². The summed E-state index contributed by atoms with van der Waals surface area (Å²) in [6.45, 7) is 5.87. The Morgan fingerprint density at radius 2 is 1.77 bits per heavy atom.